The Morgan fingerprint density at radius 1 is 1.59 bits per heavy atom. The second-order valence-electron chi connectivity index (χ2n) is 4.44. The van der Waals surface area contributed by atoms with Crippen LogP contribution in [-0.2, 0) is 0 Å². The predicted octanol–water partition coefficient (Wildman–Crippen LogP) is 3.35. The first-order valence-electron chi connectivity index (χ1n) is 5.64. The molecule has 0 aromatic carbocycles. The topological polar surface area (TPSA) is 68.1 Å². The molecule has 2 unspecified atom stereocenters. The van der Waals surface area contributed by atoms with Crippen molar-refractivity contribution in [3.05, 3.63) is 26.9 Å². The third-order valence-electron chi connectivity index (χ3n) is 3.21. The standard InChI is InChI=1S/C11H14BrN3O2/c1-7-3-2-4-9(7)14-11-10(15(16)17)5-8(12)6-13-11/h5-7,9H,2-4H2,1H3,(H,13,14). The lowest BCUT2D eigenvalue weighted by atomic mass is 10.1. The number of nitrogens with zero attached hydrogens (tertiary/aromatic N) is 2. The first kappa shape index (κ1) is 12.3. The van der Waals surface area contributed by atoms with E-state index < -0.39 is 4.92 Å². The number of halogens is 1. The van der Waals surface area contributed by atoms with Gasteiger partial charge in [0, 0.05) is 22.8 Å². The van der Waals surface area contributed by atoms with Crippen molar-refractivity contribution >= 4 is 27.4 Å². The fourth-order valence-electron chi connectivity index (χ4n) is 2.21. The van der Waals surface area contributed by atoms with Crippen LogP contribution in [0.5, 0.6) is 0 Å². The summed E-state index contributed by atoms with van der Waals surface area (Å²) in [6.45, 7) is 2.16. The molecule has 1 aliphatic carbocycles. The molecule has 6 heteroatoms. The van der Waals surface area contributed by atoms with Crippen LogP contribution < -0.4 is 5.32 Å². The SMILES string of the molecule is CC1CCCC1Nc1ncc(Br)cc1[N+](=O)[O-]. The average molecular weight is 300 g/mol. The lowest BCUT2D eigenvalue weighted by Crippen LogP contribution is -2.23. The Labute approximate surface area is 108 Å². The Balaban J connectivity index is 2.22. The predicted molar refractivity (Wildman–Crippen MR) is 69.0 cm³/mol. The number of nitro groups is 1. The van der Waals surface area contributed by atoms with Crippen LogP contribution in [-0.4, -0.2) is 15.9 Å². The van der Waals surface area contributed by atoms with E-state index in [1.165, 1.54) is 18.9 Å². The van der Waals surface area contributed by atoms with Gasteiger partial charge in [0.2, 0.25) is 5.82 Å². The number of anilines is 1. The summed E-state index contributed by atoms with van der Waals surface area (Å²) in [5, 5.41) is 14.1. The van der Waals surface area contributed by atoms with Crippen molar-refractivity contribution in [1.82, 2.24) is 4.98 Å². The smallest absolute Gasteiger partial charge is 0.312 e. The monoisotopic (exact) mass is 299 g/mol. The van der Waals surface area contributed by atoms with Gasteiger partial charge in [-0.25, -0.2) is 4.98 Å². The third-order valence-corrected chi connectivity index (χ3v) is 3.65. The maximum atomic E-state index is 10.9. The quantitative estimate of drug-likeness (QED) is 0.686. The molecule has 1 N–H and O–H groups in total. The van der Waals surface area contributed by atoms with E-state index in [0.717, 1.165) is 6.42 Å². The van der Waals surface area contributed by atoms with Crippen LogP contribution in [0.2, 0.25) is 0 Å². The molecule has 2 rings (SSSR count). The molecule has 0 aliphatic heterocycles. The van der Waals surface area contributed by atoms with E-state index in [1.807, 2.05) is 0 Å². The van der Waals surface area contributed by atoms with Crippen molar-refractivity contribution in [3.8, 4) is 0 Å². The van der Waals surface area contributed by atoms with Gasteiger partial charge in [-0.15, -0.1) is 0 Å². The van der Waals surface area contributed by atoms with E-state index in [9.17, 15) is 10.1 Å². The van der Waals surface area contributed by atoms with Crippen LogP contribution in [0.25, 0.3) is 0 Å². The van der Waals surface area contributed by atoms with Crippen molar-refractivity contribution in [2.45, 2.75) is 32.2 Å². The van der Waals surface area contributed by atoms with Crippen LogP contribution in [0.3, 0.4) is 0 Å². The maximum absolute atomic E-state index is 10.9. The molecule has 92 valence electrons. The average Bonchev–Trinajstić information content (AvgIpc) is 2.67. The van der Waals surface area contributed by atoms with Crippen molar-refractivity contribution in [1.29, 1.82) is 0 Å². The number of rotatable bonds is 3. The number of hydrogen-bond acceptors (Lipinski definition) is 4. The fraction of sp³-hybridized carbons (Fsp3) is 0.545. The first-order valence-corrected chi connectivity index (χ1v) is 6.43. The molecule has 1 aromatic heterocycles. The minimum absolute atomic E-state index is 0.0264. The van der Waals surface area contributed by atoms with Crippen LogP contribution >= 0.6 is 15.9 Å². The van der Waals surface area contributed by atoms with Crippen molar-refractivity contribution in [2.75, 3.05) is 5.32 Å². The molecule has 17 heavy (non-hydrogen) atoms. The fourth-order valence-corrected chi connectivity index (χ4v) is 2.53. The summed E-state index contributed by atoms with van der Waals surface area (Å²) in [6, 6.07) is 1.77. The molecule has 1 fully saturated rings. The van der Waals surface area contributed by atoms with Gasteiger partial charge in [-0.2, -0.15) is 0 Å². The minimum Gasteiger partial charge on any atom is -0.361 e. The Hall–Kier alpha value is -1.17. The maximum Gasteiger partial charge on any atom is 0.312 e. The van der Waals surface area contributed by atoms with E-state index in [2.05, 4.69) is 33.2 Å². The molecule has 2 atom stereocenters. The summed E-state index contributed by atoms with van der Waals surface area (Å²) in [4.78, 5) is 14.6. The van der Waals surface area contributed by atoms with Crippen LogP contribution in [0, 0.1) is 16.0 Å². The number of nitrogens with one attached hydrogen (secondary N) is 1. The van der Waals surface area contributed by atoms with Crippen molar-refractivity contribution < 1.29 is 4.92 Å². The highest BCUT2D eigenvalue weighted by Gasteiger charge is 2.26. The molecular weight excluding hydrogens is 286 g/mol. The van der Waals surface area contributed by atoms with Gasteiger partial charge in [0.15, 0.2) is 0 Å². The summed E-state index contributed by atoms with van der Waals surface area (Å²) in [5.41, 5.74) is 0.0264. The Kier molecular flexibility index (Phi) is 3.61. The van der Waals surface area contributed by atoms with E-state index in [0.29, 0.717) is 22.3 Å². The highest BCUT2D eigenvalue weighted by atomic mass is 79.9. The summed E-state index contributed by atoms with van der Waals surface area (Å²) in [7, 11) is 0. The first-order chi connectivity index (χ1) is 8.08. The van der Waals surface area contributed by atoms with Gasteiger partial charge in [-0.05, 0) is 34.7 Å². The van der Waals surface area contributed by atoms with Crippen LogP contribution in [0.4, 0.5) is 11.5 Å². The van der Waals surface area contributed by atoms with E-state index in [-0.39, 0.29) is 5.69 Å². The summed E-state index contributed by atoms with van der Waals surface area (Å²) < 4.78 is 0.620. The third kappa shape index (κ3) is 2.74. The zero-order chi connectivity index (χ0) is 12.4. The van der Waals surface area contributed by atoms with Gasteiger partial charge in [0.25, 0.3) is 0 Å². The van der Waals surface area contributed by atoms with E-state index in [1.54, 1.807) is 6.20 Å². The van der Waals surface area contributed by atoms with Crippen molar-refractivity contribution in [3.63, 3.8) is 0 Å². The van der Waals surface area contributed by atoms with E-state index >= 15 is 0 Å². The molecular formula is C11H14BrN3O2. The second kappa shape index (κ2) is 5.00. The normalized spacial score (nSPS) is 23.6. The van der Waals surface area contributed by atoms with Gasteiger partial charge in [0.05, 0.1) is 4.92 Å². The van der Waals surface area contributed by atoms with E-state index in [4.69, 9.17) is 0 Å². The van der Waals surface area contributed by atoms with Crippen LogP contribution in [0.15, 0.2) is 16.7 Å². The largest absolute Gasteiger partial charge is 0.361 e. The number of pyridine rings is 1. The second-order valence-corrected chi connectivity index (χ2v) is 5.35. The number of hydrogen-bond donors (Lipinski definition) is 1. The summed E-state index contributed by atoms with van der Waals surface area (Å²) in [6.07, 6.45) is 4.97. The molecule has 0 saturated heterocycles. The molecule has 5 nitrogen and oxygen atoms in total. The zero-order valence-electron chi connectivity index (χ0n) is 9.52. The molecule has 0 spiro atoms. The minimum atomic E-state index is -0.403. The Morgan fingerprint density at radius 2 is 2.35 bits per heavy atom. The molecule has 1 heterocycles. The highest BCUT2D eigenvalue weighted by Crippen LogP contribution is 2.31. The van der Waals surface area contributed by atoms with Gasteiger partial charge in [-0.3, -0.25) is 10.1 Å². The van der Waals surface area contributed by atoms with Gasteiger partial charge >= 0.3 is 5.69 Å². The molecule has 1 saturated carbocycles. The summed E-state index contributed by atoms with van der Waals surface area (Å²) in [5.74, 6) is 0.914. The molecule has 1 aliphatic rings. The zero-order valence-corrected chi connectivity index (χ0v) is 11.1. The van der Waals surface area contributed by atoms with Crippen LogP contribution in [0.1, 0.15) is 26.2 Å². The molecule has 0 amide bonds. The van der Waals surface area contributed by atoms with Gasteiger partial charge in [-0.1, -0.05) is 13.3 Å². The lowest BCUT2D eigenvalue weighted by Gasteiger charge is -2.17. The van der Waals surface area contributed by atoms with Crippen molar-refractivity contribution in [2.24, 2.45) is 5.92 Å². The highest BCUT2D eigenvalue weighted by molar-refractivity contribution is 9.10. The molecule has 0 radical (unpaired) electrons. The molecule has 0 bridgehead atoms. The Bertz CT molecular complexity index is 439. The Morgan fingerprint density at radius 3 is 2.94 bits per heavy atom. The number of aromatic nitrogens is 1. The van der Waals surface area contributed by atoms with Gasteiger partial charge in [0.1, 0.15) is 0 Å². The lowest BCUT2D eigenvalue weighted by molar-refractivity contribution is -0.384. The molecule has 1 aromatic rings. The van der Waals surface area contributed by atoms with Gasteiger partial charge < -0.3 is 5.32 Å². The summed E-state index contributed by atoms with van der Waals surface area (Å²) >= 11 is 3.19.